The zero-order chi connectivity index (χ0) is 17.1. The molecule has 0 aromatic heterocycles. The Balaban J connectivity index is 0.00000225. The summed E-state index contributed by atoms with van der Waals surface area (Å²) in [6.45, 7) is 4.54. The van der Waals surface area contributed by atoms with Crippen molar-refractivity contribution in [2.24, 2.45) is 5.92 Å². The van der Waals surface area contributed by atoms with Gasteiger partial charge in [0.25, 0.3) is 0 Å². The van der Waals surface area contributed by atoms with Crippen molar-refractivity contribution < 1.29 is 19.1 Å². The molecule has 0 saturated carbocycles. The third-order valence-electron chi connectivity index (χ3n) is 5.09. The second kappa shape index (κ2) is 8.50. The number of esters is 2. The lowest BCUT2D eigenvalue weighted by Gasteiger charge is -2.42. The van der Waals surface area contributed by atoms with E-state index in [0.717, 1.165) is 19.4 Å². The van der Waals surface area contributed by atoms with Crippen LogP contribution in [0.4, 0.5) is 0 Å². The fourth-order valence-corrected chi connectivity index (χ4v) is 4.05. The third kappa shape index (κ3) is 3.88. The number of hydrogen-bond donors (Lipinski definition) is 0. The summed E-state index contributed by atoms with van der Waals surface area (Å²) in [7, 11) is 1.39. The van der Waals surface area contributed by atoms with E-state index in [4.69, 9.17) is 9.47 Å². The number of hydrogen-bond acceptors (Lipinski definition) is 5. The van der Waals surface area contributed by atoms with E-state index < -0.39 is 12.0 Å². The Kier molecular flexibility index (Phi) is 6.62. The molecule has 6 heteroatoms. The van der Waals surface area contributed by atoms with Gasteiger partial charge in [-0.3, -0.25) is 9.69 Å². The first kappa shape index (κ1) is 19.5. The van der Waals surface area contributed by atoms with Crippen LogP contribution in [-0.2, 0) is 14.3 Å². The lowest BCUT2D eigenvalue weighted by Crippen LogP contribution is -2.55. The number of fused-ring (bicyclic) bond motifs is 2. The molecule has 2 heterocycles. The molecule has 0 aliphatic carbocycles. The van der Waals surface area contributed by atoms with Crippen LogP contribution in [0, 0.1) is 5.92 Å². The van der Waals surface area contributed by atoms with Gasteiger partial charge in [0.05, 0.1) is 12.7 Å². The Morgan fingerprint density at radius 2 is 2.00 bits per heavy atom. The fourth-order valence-electron chi connectivity index (χ4n) is 4.05. The number of carbonyl (C=O) groups is 2. The van der Waals surface area contributed by atoms with Crippen LogP contribution >= 0.6 is 12.4 Å². The van der Waals surface area contributed by atoms with Gasteiger partial charge in [-0.2, -0.15) is 0 Å². The molecule has 2 aliphatic heterocycles. The molecule has 1 aromatic carbocycles. The molecule has 136 valence electrons. The van der Waals surface area contributed by atoms with Crippen LogP contribution in [0.3, 0.4) is 0 Å². The average molecular weight is 366 g/mol. The predicted molar refractivity (Wildman–Crippen MR) is 96.7 cm³/mol. The van der Waals surface area contributed by atoms with Crippen LogP contribution in [0.1, 0.15) is 29.6 Å². The van der Waals surface area contributed by atoms with E-state index in [9.17, 15) is 9.59 Å². The largest absolute Gasteiger partial charge is 0.469 e. The number of rotatable bonds is 5. The Morgan fingerprint density at radius 1 is 1.28 bits per heavy atom. The van der Waals surface area contributed by atoms with Gasteiger partial charge in [0, 0.05) is 25.0 Å². The fraction of sp³-hybridized carbons (Fsp3) is 0.474. The van der Waals surface area contributed by atoms with Gasteiger partial charge < -0.3 is 9.47 Å². The van der Waals surface area contributed by atoms with Crippen molar-refractivity contribution in [3.63, 3.8) is 0 Å². The molecular weight excluding hydrogens is 342 g/mol. The van der Waals surface area contributed by atoms with Crippen LogP contribution in [0.15, 0.2) is 43.0 Å². The summed E-state index contributed by atoms with van der Waals surface area (Å²) in [4.78, 5) is 27.1. The Morgan fingerprint density at radius 3 is 2.64 bits per heavy atom. The normalized spacial score (nSPS) is 27.9. The smallest absolute Gasteiger partial charge is 0.338 e. The van der Waals surface area contributed by atoms with Crippen molar-refractivity contribution >= 4 is 24.3 Å². The quantitative estimate of drug-likeness (QED) is 0.593. The third-order valence-corrected chi connectivity index (χ3v) is 5.09. The molecule has 3 rings (SSSR count). The number of nitrogens with zero attached hydrogens (tertiary/aromatic N) is 1. The SMILES string of the molecule is C=CCN1C2CC[C@@H]1C(C(=O)OC)C(OC(=O)c1ccccc1)C2.Cl. The van der Waals surface area contributed by atoms with E-state index >= 15 is 0 Å². The van der Waals surface area contributed by atoms with Gasteiger partial charge in [0.1, 0.15) is 12.0 Å². The summed E-state index contributed by atoms with van der Waals surface area (Å²) in [5, 5.41) is 0. The Bertz CT molecular complexity index is 621. The molecule has 2 fully saturated rings. The van der Waals surface area contributed by atoms with Crippen molar-refractivity contribution in [1.82, 2.24) is 4.90 Å². The number of methoxy groups -OCH3 is 1. The molecular formula is C19H24ClNO4. The first-order valence-corrected chi connectivity index (χ1v) is 8.36. The molecule has 2 bridgehead atoms. The number of carbonyl (C=O) groups excluding carboxylic acids is 2. The lowest BCUT2D eigenvalue weighted by atomic mass is 9.87. The monoisotopic (exact) mass is 365 g/mol. The zero-order valence-electron chi connectivity index (χ0n) is 14.3. The van der Waals surface area contributed by atoms with E-state index in [1.807, 2.05) is 12.1 Å². The van der Waals surface area contributed by atoms with Crippen molar-refractivity contribution in [1.29, 1.82) is 0 Å². The van der Waals surface area contributed by atoms with Crippen LogP contribution in [0.25, 0.3) is 0 Å². The molecule has 0 radical (unpaired) electrons. The molecule has 1 aromatic rings. The van der Waals surface area contributed by atoms with Gasteiger partial charge in [0.2, 0.25) is 0 Å². The van der Waals surface area contributed by atoms with Gasteiger partial charge in [-0.1, -0.05) is 24.3 Å². The van der Waals surface area contributed by atoms with E-state index in [-0.39, 0.29) is 30.4 Å². The van der Waals surface area contributed by atoms with Gasteiger partial charge in [-0.25, -0.2) is 4.79 Å². The minimum absolute atomic E-state index is 0. The summed E-state index contributed by atoms with van der Waals surface area (Å²) >= 11 is 0. The molecule has 2 saturated heterocycles. The highest BCUT2D eigenvalue weighted by atomic mass is 35.5. The van der Waals surface area contributed by atoms with E-state index in [0.29, 0.717) is 18.0 Å². The van der Waals surface area contributed by atoms with Gasteiger partial charge in [-0.15, -0.1) is 19.0 Å². The highest BCUT2D eigenvalue weighted by Crippen LogP contribution is 2.41. The first-order chi connectivity index (χ1) is 11.7. The maximum Gasteiger partial charge on any atom is 0.338 e. The molecule has 25 heavy (non-hydrogen) atoms. The lowest BCUT2D eigenvalue weighted by molar-refractivity contribution is -0.156. The Hall–Kier alpha value is -1.85. The van der Waals surface area contributed by atoms with E-state index in [1.54, 1.807) is 24.3 Å². The second-order valence-corrected chi connectivity index (χ2v) is 6.38. The molecule has 0 spiro atoms. The van der Waals surface area contributed by atoms with Crippen LogP contribution in [-0.4, -0.2) is 48.7 Å². The molecule has 0 amide bonds. The Labute approximate surface area is 154 Å². The highest BCUT2D eigenvalue weighted by molar-refractivity contribution is 5.89. The second-order valence-electron chi connectivity index (χ2n) is 6.38. The number of benzene rings is 1. The topological polar surface area (TPSA) is 55.8 Å². The van der Waals surface area contributed by atoms with Crippen LogP contribution in [0.5, 0.6) is 0 Å². The summed E-state index contributed by atoms with van der Waals surface area (Å²) in [6.07, 6.45) is 3.99. The summed E-state index contributed by atoms with van der Waals surface area (Å²) in [5.74, 6) is -1.13. The zero-order valence-corrected chi connectivity index (χ0v) is 15.1. The maximum atomic E-state index is 12.4. The van der Waals surface area contributed by atoms with Gasteiger partial charge in [-0.05, 0) is 25.0 Å². The molecule has 5 nitrogen and oxygen atoms in total. The molecule has 0 N–H and O–H groups in total. The predicted octanol–water partition coefficient (Wildman–Crippen LogP) is 2.85. The van der Waals surface area contributed by atoms with E-state index in [1.165, 1.54) is 7.11 Å². The van der Waals surface area contributed by atoms with Crippen LogP contribution < -0.4 is 0 Å². The first-order valence-electron chi connectivity index (χ1n) is 8.36. The number of piperidine rings is 1. The summed E-state index contributed by atoms with van der Waals surface area (Å²) < 4.78 is 10.7. The van der Waals surface area contributed by atoms with Crippen molar-refractivity contribution in [3.05, 3.63) is 48.6 Å². The van der Waals surface area contributed by atoms with Crippen molar-refractivity contribution in [2.75, 3.05) is 13.7 Å². The minimum atomic E-state index is -0.443. The standard InChI is InChI=1S/C19H23NO4.ClH/c1-3-11-20-14-9-10-15(20)17(19(22)23-2)16(12-14)24-18(21)13-7-5-4-6-8-13;/h3-8,14-17H,1,9-12H2,2H3;1H/t14?,15-,16?,17?;/m1./s1. The minimum Gasteiger partial charge on any atom is -0.469 e. The number of halogens is 1. The average Bonchev–Trinajstić information content (AvgIpc) is 2.88. The number of ether oxygens (including phenoxy) is 2. The molecule has 3 unspecified atom stereocenters. The van der Waals surface area contributed by atoms with Crippen molar-refractivity contribution in [2.45, 2.75) is 37.5 Å². The van der Waals surface area contributed by atoms with Crippen LogP contribution in [0.2, 0.25) is 0 Å². The van der Waals surface area contributed by atoms with Gasteiger partial charge >= 0.3 is 11.9 Å². The van der Waals surface area contributed by atoms with Gasteiger partial charge in [0.15, 0.2) is 0 Å². The summed E-state index contributed by atoms with van der Waals surface area (Å²) in [6, 6.07) is 9.25. The molecule has 4 atom stereocenters. The van der Waals surface area contributed by atoms with E-state index in [2.05, 4.69) is 11.5 Å². The highest BCUT2D eigenvalue weighted by Gasteiger charge is 2.51. The van der Waals surface area contributed by atoms with Crippen molar-refractivity contribution in [3.8, 4) is 0 Å². The summed E-state index contributed by atoms with van der Waals surface area (Å²) in [5.41, 5.74) is 0.502. The maximum absolute atomic E-state index is 12.4. The molecule has 2 aliphatic rings.